The molecule has 4 heteroatoms. The molecule has 0 amide bonds. The van der Waals surface area contributed by atoms with Gasteiger partial charge in [0.15, 0.2) is 0 Å². The molecule has 1 aromatic heterocycles. The van der Waals surface area contributed by atoms with Gasteiger partial charge in [0.05, 0.1) is 9.39 Å². The second-order valence-corrected chi connectivity index (χ2v) is 6.21. The van der Waals surface area contributed by atoms with Crippen molar-refractivity contribution in [2.24, 2.45) is 0 Å². The molecular formula is C10H16BrNOS. The molecule has 0 fully saturated rings. The van der Waals surface area contributed by atoms with E-state index in [1.807, 2.05) is 19.9 Å². The van der Waals surface area contributed by atoms with Gasteiger partial charge in [0.1, 0.15) is 0 Å². The van der Waals surface area contributed by atoms with Crippen molar-refractivity contribution in [2.45, 2.75) is 32.4 Å². The molecule has 0 spiro atoms. The average Bonchev–Trinajstić information content (AvgIpc) is 2.51. The standard InChI is InChI=1S/C10H16BrNOS/c1-3-10(2,13)7-12-6-8-4-5-9(11)14-8/h4-5,12-13H,3,6-7H2,1-2H3. The van der Waals surface area contributed by atoms with Crippen LogP contribution in [-0.2, 0) is 6.54 Å². The van der Waals surface area contributed by atoms with Gasteiger partial charge in [-0.2, -0.15) is 0 Å². The molecule has 0 bridgehead atoms. The summed E-state index contributed by atoms with van der Waals surface area (Å²) in [6, 6.07) is 4.13. The Kier molecular flexibility index (Phi) is 4.57. The van der Waals surface area contributed by atoms with Crippen molar-refractivity contribution >= 4 is 27.3 Å². The van der Waals surface area contributed by atoms with Gasteiger partial charge in [-0.25, -0.2) is 0 Å². The van der Waals surface area contributed by atoms with E-state index >= 15 is 0 Å². The van der Waals surface area contributed by atoms with E-state index in [0.29, 0.717) is 6.54 Å². The number of hydrogen-bond donors (Lipinski definition) is 2. The monoisotopic (exact) mass is 277 g/mol. The molecule has 2 nitrogen and oxygen atoms in total. The van der Waals surface area contributed by atoms with Crippen LogP contribution in [0.25, 0.3) is 0 Å². The zero-order valence-electron chi connectivity index (χ0n) is 8.51. The normalized spacial score (nSPS) is 15.4. The van der Waals surface area contributed by atoms with Crippen molar-refractivity contribution in [3.05, 3.63) is 20.8 Å². The maximum Gasteiger partial charge on any atom is 0.0741 e. The van der Waals surface area contributed by atoms with Crippen molar-refractivity contribution in [1.29, 1.82) is 0 Å². The molecule has 1 unspecified atom stereocenters. The molecule has 0 saturated carbocycles. The van der Waals surface area contributed by atoms with Crippen LogP contribution in [0.2, 0.25) is 0 Å². The smallest absolute Gasteiger partial charge is 0.0741 e. The number of rotatable bonds is 5. The van der Waals surface area contributed by atoms with Crippen molar-refractivity contribution in [1.82, 2.24) is 5.32 Å². The van der Waals surface area contributed by atoms with E-state index < -0.39 is 5.60 Å². The van der Waals surface area contributed by atoms with E-state index in [0.717, 1.165) is 16.8 Å². The van der Waals surface area contributed by atoms with Crippen LogP contribution in [0.4, 0.5) is 0 Å². The SMILES string of the molecule is CCC(C)(O)CNCc1ccc(Br)s1. The Labute approximate surface area is 97.5 Å². The highest BCUT2D eigenvalue weighted by Gasteiger charge is 2.16. The Hall–Kier alpha value is 0.1000. The molecular weight excluding hydrogens is 262 g/mol. The summed E-state index contributed by atoms with van der Waals surface area (Å²) in [5.74, 6) is 0. The lowest BCUT2D eigenvalue weighted by Gasteiger charge is -2.21. The predicted octanol–water partition coefficient (Wildman–Crippen LogP) is 2.76. The van der Waals surface area contributed by atoms with Crippen LogP contribution >= 0.6 is 27.3 Å². The average molecular weight is 278 g/mol. The number of halogens is 1. The molecule has 0 saturated heterocycles. The number of thiophene rings is 1. The molecule has 0 aromatic carbocycles. The molecule has 80 valence electrons. The van der Waals surface area contributed by atoms with E-state index in [1.54, 1.807) is 11.3 Å². The summed E-state index contributed by atoms with van der Waals surface area (Å²) in [6.45, 7) is 5.30. The van der Waals surface area contributed by atoms with E-state index in [-0.39, 0.29) is 0 Å². The Balaban J connectivity index is 2.28. The first kappa shape index (κ1) is 12.2. The Morgan fingerprint density at radius 2 is 2.29 bits per heavy atom. The summed E-state index contributed by atoms with van der Waals surface area (Å²) >= 11 is 5.14. The van der Waals surface area contributed by atoms with E-state index in [2.05, 4.69) is 27.3 Å². The minimum absolute atomic E-state index is 0.589. The fraction of sp³-hybridized carbons (Fsp3) is 0.600. The molecule has 0 aliphatic rings. The molecule has 0 radical (unpaired) electrons. The van der Waals surface area contributed by atoms with Crippen LogP contribution in [0.5, 0.6) is 0 Å². The van der Waals surface area contributed by atoms with Crippen LogP contribution in [0.15, 0.2) is 15.9 Å². The molecule has 1 heterocycles. The van der Waals surface area contributed by atoms with E-state index in [4.69, 9.17) is 0 Å². The highest BCUT2D eigenvalue weighted by Crippen LogP contribution is 2.21. The van der Waals surface area contributed by atoms with E-state index in [9.17, 15) is 5.11 Å². The van der Waals surface area contributed by atoms with Crippen LogP contribution in [-0.4, -0.2) is 17.3 Å². The summed E-state index contributed by atoms with van der Waals surface area (Å²) < 4.78 is 1.15. The third kappa shape index (κ3) is 4.09. The first-order valence-corrected chi connectivity index (χ1v) is 6.32. The third-order valence-corrected chi connectivity index (χ3v) is 3.82. The highest BCUT2D eigenvalue weighted by atomic mass is 79.9. The molecule has 14 heavy (non-hydrogen) atoms. The fourth-order valence-corrected chi connectivity index (χ4v) is 2.48. The third-order valence-electron chi connectivity index (χ3n) is 2.20. The molecule has 0 aliphatic heterocycles. The maximum absolute atomic E-state index is 9.74. The second kappa shape index (κ2) is 5.26. The van der Waals surface area contributed by atoms with Gasteiger partial charge in [0, 0.05) is 18.0 Å². The molecule has 1 aromatic rings. The van der Waals surface area contributed by atoms with Crippen LogP contribution < -0.4 is 5.32 Å². The van der Waals surface area contributed by atoms with Crippen molar-refractivity contribution in [3.63, 3.8) is 0 Å². The number of hydrogen-bond acceptors (Lipinski definition) is 3. The lowest BCUT2D eigenvalue weighted by atomic mass is 10.0. The van der Waals surface area contributed by atoms with E-state index in [1.165, 1.54) is 4.88 Å². The van der Waals surface area contributed by atoms with Gasteiger partial charge < -0.3 is 10.4 Å². The molecule has 0 aliphatic carbocycles. The Morgan fingerprint density at radius 3 is 2.79 bits per heavy atom. The highest BCUT2D eigenvalue weighted by molar-refractivity contribution is 9.11. The van der Waals surface area contributed by atoms with Crippen molar-refractivity contribution < 1.29 is 5.11 Å². The lowest BCUT2D eigenvalue weighted by Crippen LogP contribution is -2.36. The number of nitrogens with one attached hydrogen (secondary N) is 1. The maximum atomic E-state index is 9.74. The summed E-state index contributed by atoms with van der Waals surface area (Å²) in [7, 11) is 0. The molecule has 1 rings (SSSR count). The Morgan fingerprint density at radius 1 is 1.57 bits per heavy atom. The lowest BCUT2D eigenvalue weighted by molar-refractivity contribution is 0.0556. The van der Waals surface area contributed by atoms with Gasteiger partial charge in [-0.15, -0.1) is 11.3 Å². The largest absolute Gasteiger partial charge is 0.389 e. The minimum atomic E-state index is -0.589. The fourth-order valence-electron chi connectivity index (χ4n) is 1.03. The summed E-state index contributed by atoms with van der Waals surface area (Å²) in [4.78, 5) is 1.28. The predicted molar refractivity (Wildman–Crippen MR) is 64.6 cm³/mol. The molecule has 2 N–H and O–H groups in total. The van der Waals surface area contributed by atoms with Crippen molar-refractivity contribution in [3.8, 4) is 0 Å². The summed E-state index contributed by atoms with van der Waals surface area (Å²) in [6.07, 6.45) is 0.772. The van der Waals surface area contributed by atoms with Gasteiger partial charge in [-0.05, 0) is 41.4 Å². The van der Waals surface area contributed by atoms with Gasteiger partial charge in [0.2, 0.25) is 0 Å². The first-order chi connectivity index (χ1) is 6.53. The zero-order valence-corrected chi connectivity index (χ0v) is 10.9. The van der Waals surface area contributed by atoms with Gasteiger partial charge in [-0.1, -0.05) is 6.92 Å². The molecule has 1 atom stereocenters. The topological polar surface area (TPSA) is 32.3 Å². The summed E-state index contributed by atoms with van der Waals surface area (Å²) in [5, 5.41) is 13.0. The Bertz CT molecular complexity index is 285. The van der Waals surface area contributed by atoms with Gasteiger partial charge in [0.25, 0.3) is 0 Å². The number of aliphatic hydroxyl groups is 1. The van der Waals surface area contributed by atoms with Crippen molar-refractivity contribution in [2.75, 3.05) is 6.54 Å². The summed E-state index contributed by atoms with van der Waals surface area (Å²) in [5.41, 5.74) is -0.589. The zero-order chi connectivity index (χ0) is 10.6. The first-order valence-electron chi connectivity index (χ1n) is 4.71. The van der Waals surface area contributed by atoms with Crippen LogP contribution in [0.1, 0.15) is 25.1 Å². The van der Waals surface area contributed by atoms with Gasteiger partial charge in [-0.3, -0.25) is 0 Å². The minimum Gasteiger partial charge on any atom is -0.389 e. The van der Waals surface area contributed by atoms with Crippen LogP contribution in [0.3, 0.4) is 0 Å². The second-order valence-electron chi connectivity index (χ2n) is 3.66. The van der Waals surface area contributed by atoms with Gasteiger partial charge >= 0.3 is 0 Å². The quantitative estimate of drug-likeness (QED) is 0.868. The van der Waals surface area contributed by atoms with Crippen LogP contribution in [0, 0.1) is 0 Å².